The van der Waals surface area contributed by atoms with Gasteiger partial charge < -0.3 is 14.2 Å². The summed E-state index contributed by atoms with van der Waals surface area (Å²) in [4.78, 5) is 43.2. The summed E-state index contributed by atoms with van der Waals surface area (Å²) < 4.78 is 7.36. The van der Waals surface area contributed by atoms with Crippen LogP contribution in [0.3, 0.4) is 0 Å². The van der Waals surface area contributed by atoms with Gasteiger partial charge in [0.1, 0.15) is 11.8 Å². The van der Waals surface area contributed by atoms with E-state index in [9.17, 15) is 14.4 Å². The van der Waals surface area contributed by atoms with Crippen molar-refractivity contribution in [3.63, 3.8) is 0 Å². The first kappa shape index (κ1) is 30.6. The molecule has 8 nitrogen and oxygen atoms in total. The lowest BCUT2D eigenvalue weighted by Crippen LogP contribution is -2.53. The molecule has 0 saturated heterocycles. The van der Waals surface area contributed by atoms with Gasteiger partial charge in [-0.1, -0.05) is 80.1 Å². The Bertz CT molecular complexity index is 1930. The Kier molecular flexibility index (Phi) is 8.37. The second-order valence-corrected chi connectivity index (χ2v) is 12.2. The zero-order valence-corrected chi connectivity index (χ0v) is 26.7. The van der Waals surface area contributed by atoms with Gasteiger partial charge in [0.05, 0.1) is 18.8 Å². The molecular weight excluding hydrogens is 576 g/mol. The first-order chi connectivity index (χ1) is 22.2. The molecule has 0 saturated carbocycles. The molecule has 3 amide bonds. The molecule has 2 heterocycles. The summed E-state index contributed by atoms with van der Waals surface area (Å²) in [6.07, 6.45) is 0.394. The number of aromatic nitrogens is 1. The summed E-state index contributed by atoms with van der Waals surface area (Å²) in [5.41, 5.74) is 12.1. The van der Waals surface area contributed by atoms with E-state index in [0.717, 1.165) is 38.9 Å². The third kappa shape index (κ3) is 5.51. The van der Waals surface area contributed by atoms with Crippen molar-refractivity contribution in [2.75, 3.05) is 7.11 Å². The van der Waals surface area contributed by atoms with E-state index in [1.807, 2.05) is 57.3 Å². The second-order valence-electron chi connectivity index (χ2n) is 12.2. The Labute approximate surface area is 269 Å². The predicted molar refractivity (Wildman–Crippen MR) is 179 cm³/mol. The maximum atomic E-state index is 14.4. The summed E-state index contributed by atoms with van der Waals surface area (Å²) >= 11 is 0. The number of para-hydroxylation sites is 1. The molecule has 2 unspecified atom stereocenters. The van der Waals surface area contributed by atoms with E-state index in [0.29, 0.717) is 23.3 Å². The standard InChI is InChI=1S/C38H38N4O4/c1-23(2)22-32(37(44)40-39-36(43)26-18-20-27(46-5)21-19-26)42-35(28-10-6-7-11-29(28)38(42)45)33-30-12-8-9-13-31(30)41(4)34(33)25-16-14-24(3)15-17-25/h6-21,23,32,35H,22H2,1-5H3,(H,39,43)(H,40,44). The van der Waals surface area contributed by atoms with Crippen LogP contribution in [0.2, 0.25) is 0 Å². The highest BCUT2D eigenvalue weighted by atomic mass is 16.5. The van der Waals surface area contributed by atoms with E-state index in [1.54, 1.807) is 36.3 Å². The number of rotatable bonds is 8. The molecule has 8 heteroatoms. The quantitative estimate of drug-likeness (QED) is 0.193. The monoisotopic (exact) mass is 614 g/mol. The number of hydrogen-bond donors (Lipinski definition) is 2. The SMILES string of the molecule is COc1ccc(C(=O)NNC(=O)C(CC(C)C)N2C(=O)c3ccccc3C2c2c(-c3ccc(C)cc3)n(C)c3ccccc23)cc1. The summed E-state index contributed by atoms with van der Waals surface area (Å²) in [7, 11) is 3.60. The lowest BCUT2D eigenvalue weighted by atomic mass is 9.91. The Hall–Kier alpha value is -5.37. The molecule has 1 aromatic heterocycles. The van der Waals surface area contributed by atoms with E-state index < -0.39 is 23.9 Å². The zero-order chi connectivity index (χ0) is 32.5. The number of carbonyl (C=O) groups is 3. The molecule has 0 bridgehead atoms. The molecule has 0 spiro atoms. The van der Waals surface area contributed by atoms with E-state index in [-0.39, 0.29) is 11.8 Å². The Balaban J connectivity index is 1.45. The van der Waals surface area contributed by atoms with Gasteiger partial charge in [0, 0.05) is 34.6 Å². The van der Waals surface area contributed by atoms with Crippen LogP contribution in [-0.2, 0) is 11.8 Å². The predicted octanol–water partition coefficient (Wildman–Crippen LogP) is 6.58. The maximum absolute atomic E-state index is 14.4. The normalized spacial score (nSPS) is 14.8. The van der Waals surface area contributed by atoms with E-state index in [4.69, 9.17) is 4.74 Å². The number of methoxy groups -OCH3 is 1. The van der Waals surface area contributed by atoms with E-state index in [2.05, 4.69) is 58.7 Å². The molecule has 4 aromatic carbocycles. The Morgan fingerprint density at radius 1 is 0.870 bits per heavy atom. The maximum Gasteiger partial charge on any atom is 0.269 e. The van der Waals surface area contributed by atoms with Gasteiger partial charge in [-0.2, -0.15) is 0 Å². The van der Waals surface area contributed by atoms with Crippen molar-refractivity contribution < 1.29 is 19.1 Å². The van der Waals surface area contributed by atoms with Crippen molar-refractivity contribution >= 4 is 28.6 Å². The summed E-state index contributed by atoms with van der Waals surface area (Å²) in [6, 6.07) is 29.3. The number of hydrogen-bond acceptors (Lipinski definition) is 4. The highest BCUT2D eigenvalue weighted by molar-refractivity contribution is 6.05. The van der Waals surface area contributed by atoms with Crippen LogP contribution in [0.25, 0.3) is 22.2 Å². The van der Waals surface area contributed by atoms with Crippen LogP contribution in [0.5, 0.6) is 5.75 Å². The number of aryl methyl sites for hydroxylation is 2. The van der Waals surface area contributed by atoms with Gasteiger partial charge in [-0.15, -0.1) is 0 Å². The fourth-order valence-electron chi connectivity index (χ4n) is 6.52. The van der Waals surface area contributed by atoms with Crippen LogP contribution < -0.4 is 15.6 Å². The molecule has 6 rings (SSSR count). The number of hydrazine groups is 1. The molecule has 1 aliphatic heterocycles. The fraction of sp³-hybridized carbons (Fsp3) is 0.237. The minimum Gasteiger partial charge on any atom is -0.497 e. The van der Waals surface area contributed by atoms with Crippen molar-refractivity contribution in [2.24, 2.45) is 13.0 Å². The van der Waals surface area contributed by atoms with Gasteiger partial charge in [0.2, 0.25) is 0 Å². The van der Waals surface area contributed by atoms with Crippen molar-refractivity contribution in [3.8, 4) is 17.0 Å². The van der Waals surface area contributed by atoms with Crippen LogP contribution in [0.1, 0.15) is 63.7 Å². The van der Waals surface area contributed by atoms with Gasteiger partial charge in [-0.05, 0) is 66.8 Å². The first-order valence-corrected chi connectivity index (χ1v) is 15.5. The van der Waals surface area contributed by atoms with Crippen LogP contribution in [-0.4, -0.2) is 40.3 Å². The minimum atomic E-state index is -0.870. The van der Waals surface area contributed by atoms with Crippen molar-refractivity contribution in [1.29, 1.82) is 0 Å². The zero-order valence-electron chi connectivity index (χ0n) is 26.7. The summed E-state index contributed by atoms with van der Waals surface area (Å²) in [5, 5.41) is 1.01. The van der Waals surface area contributed by atoms with Crippen molar-refractivity contribution in [1.82, 2.24) is 20.3 Å². The molecule has 0 aliphatic carbocycles. The molecule has 46 heavy (non-hydrogen) atoms. The highest BCUT2D eigenvalue weighted by Gasteiger charge is 2.46. The summed E-state index contributed by atoms with van der Waals surface area (Å²) in [5.74, 6) is -0.449. The number of ether oxygens (including phenoxy) is 1. The second kappa shape index (κ2) is 12.6. The molecular formula is C38H38N4O4. The topological polar surface area (TPSA) is 92.7 Å². The molecule has 5 aromatic rings. The van der Waals surface area contributed by atoms with Crippen LogP contribution in [0, 0.1) is 12.8 Å². The van der Waals surface area contributed by atoms with Crippen LogP contribution in [0.4, 0.5) is 0 Å². The molecule has 0 radical (unpaired) electrons. The molecule has 2 N–H and O–H groups in total. The number of amides is 3. The first-order valence-electron chi connectivity index (χ1n) is 15.5. The van der Waals surface area contributed by atoms with Gasteiger partial charge in [0.15, 0.2) is 0 Å². The van der Waals surface area contributed by atoms with Crippen LogP contribution >= 0.6 is 0 Å². The van der Waals surface area contributed by atoms with Crippen molar-refractivity contribution in [2.45, 2.75) is 39.3 Å². The average molecular weight is 615 g/mol. The van der Waals surface area contributed by atoms with Crippen molar-refractivity contribution in [3.05, 3.63) is 125 Å². The smallest absolute Gasteiger partial charge is 0.269 e. The third-order valence-corrected chi connectivity index (χ3v) is 8.73. The average Bonchev–Trinajstić information content (AvgIpc) is 3.52. The molecule has 234 valence electrons. The fourth-order valence-corrected chi connectivity index (χ4v) is 6.52. The Morgan fingerprint density at radius 2 is 1.54 bits per heavy atom. The largest absolute Gasteiger partial charge is 0.497 e. The molecule has 0 fully saturated rings. The third-order valence-electron chi connectivity index (χ3n) is 8.73. The lowest BCUT2D eigenvalue weighted by molar-refractivity contribution is -0.127. The number of carbonyl (C=O) groups excluding carboxylic acids is 3. The number of nitrogens with one attached hydrogen (secondary N) is 2. The summed E-state index contributed by atoms with van der Waals surface area (Å²) in [6.45, 7) is 6.10. The molecule has 2 atom stereocenters. The number of nitrogens with zero attached hydrogens (tertiary/aromatic N) is 2. The number of benzene rings is 4. The molecule has 1 aliphatic rings. The van der Waals surface area contributed by atoms with Gasteiger partial charge in [0.25, 0.3) is 17.7 Å². The number of fused-ring (bicyclic) bond motifs is 2. The van der Waals surface area contributed by atoms with Gasteiger partial charge in [-0.25, -0.2) is 0 Å². The van der Waals surface area contributed by atoms with Crippen LogP contribution in [0.15, 0.2) is 97.1 Å². The minimum absolute atomic E-state index is 0.0780. The van der Waals surface area contributed by atoms with Gasteiger partial charge >= 0.3 is 0 Å². The van der Waals surface area contributed by atoms with Gasteiger partial charge in [-0.3, -0.25) is 25.2 Å². The Morgan fingerprint density at radius 3 is 2.24 bits per heavy atom. The van der Waals surface area contributed by atoms with E-state index in [1.165, 1.54) is 0 Å². The lowest BCUT2D eigenvalue weighted by Gasteiger charge is -2.34. The van der Waals surface area contributed by atoms with E-state index >= 15 is 0 Å². The highest BCUT2D eigenvalue weighted by Crippen LogP contribution is 2.47.